The summed E-state index contributed by atoms with van der Waals surface area (Å²) in [6, 6.07) is 9.49. The summed E-state index contributed by atoms with van der Waals surface area (Å²) in [6.45, 7) is 2.40. The summed E-state index contributed by atoms with van der Waals surface area (Å²) >= 11 is 1.12. The molecule has 2 rings (SSSR count). The lowest BCUT2D eigenvalue weighted by atomic mass is 10.2. The number of benzene rings is 1. The number of carbonyl (C=O) groups is 1. The van der Waals surface area contributed by atoms with Gasteiger partial charge < -0.3 is 10.0 Å². The Morgan fingerprint density at radius 3 is 2.70 bits per heavy atom. The molecule has 0 spiro atoms. The van der Waals surface area contributed by atoms with Gasteiger partial charge in [0.2, 0.25) is 0 Å². The molecular formula is C15H18N2O4S2. The third kappa shape index (κ3) is 4.31. The Morgan fingerprint density at radius 2 is 2.09 bits per heavy atom. The predicted molar refractivity (Wildman–Crippen MR) is 90.2 cm³/mol. The highest BCUT2D eigenvalue weighted by Crippen LogP contribution is 2.21. The van der Waals surface area contributed by atoms with E-state index in [4.69, 9.17) is 5.11 Å². The van der Waals surface area contributed by atoms with Crippen LogP contribution in [0.4, 0.5) is 5.69 Å². The van der Waals surface area contributed by atoms with Gasteiger partial charge in [-0.3, -0.25) is 9.52 Å². The van der Waals surface area contributed by atoms with E-state index in [0.29, 0.717) is 17.8 Å². The van der Waals surface area contributed by atoms with E-state index in [9.17, 15) is 13.2 Å². The van der Waals surface area contributed by atoms with Crippen molar-refractivity contribution >= 4 is 33.0 Å². The van der Waals surface area contributed by atoms with Gasteiger partial charge in [-0.1, -0.05) is 12.1 Å². The Morgan fingerprint density at radius 1 is 1.30 bits per heavy atom. The van der Waals surface area contributed by atoms with Crippen LogP contribution in [0.15, 0.2) is 46.0 Å². The number of aliphatic hydroxyl groups is 1. The maximum Gasteiger partial charge on any atom is 0.271 e. The lowest BCUT2D eigenvalue weighted by Gasteiger charge is -2.20. The minimum absolute atomic E-state index is 0.121. The number of nitrogens with one attached hydrogen (secondary N) is 1. The predicted octanol–water partition coefficient (Wildman–Crippen LogP) is 2.00. The molecule has 0 saturated carbocycles. The first-order chi connectivity index (χ1) is 11.0. The average molecular weight is 354 g/mol. The lowest BCUT2D eigenvalue weighted by molar-refractivity contribution is 0.0732. The fourth-order valence-corrected chi connectivity index (χ4v) is 4.09. The monoisotopic (exact) mass is 354 g/mol. The Labute approximate surface area is 139 Å². The molecule has 0 radical (unpaired) electrons. The van der Waals surface area contributed by atoms with Crippen LogP contribution in [-0.4, -0.2) is 44.0 Å². The van der Waals surface area contributed by atoms with E-state index < -0.39 is 10.0 Å². The number of nitrogens with zero attached hydrogens (tertiary/aromatic N) is 1. The van der Waals surface area contributed by atoms with Crippen LogP contribution in [0.2, 0.25) is 0 Å². The number of carbonyl (C=O) groups excluding carboxylic acids is 1. The summed E-state index contributed by atoms with van der Waals surface area (Å²) in [7, 11) is -3.64. The molecule has 0 aliphatic heterocycles. The highest BCUT2D eigenvalue weighted by molar-refractivity contribution is 7.94. The molecule has 6 nitrogen and oxygen atoms in total. The smallest absolute Gasteiger partial charge is 0.271 e. The second-order valence-corrected chi connectivity index (χ2v) is 7.58. The highest BCUT2D eigenvalue weighted by atomic mass is 32.2. The van der Waals surface area contributed by atoms with Crippen LogP contribution in [0.5, 0.6) is 0 Å². The molecule has 0 aliphatic carbocycles. The standard InChI is InChI=1S/C15H18N2O4S2/c1-2-17(8-9-18)15(19)12-5-3-6-13(11-12)16-23(20,21)14-7-4-10-22-14/h3-7,10-11,16,18H,2,8-9H2,1H3. The molecule has 0 atom stereocenters. The van der Waals surface area contributed by atoms with Crippen molar-refractivity contribution in [3.63, 3.8) is 0 Å². The van der Waals surface area contributed by atoms with Crippen molar-refractivity contribution in [2.24, 2.45) is 0 Å². The van der Waals surface area contributed by atoms with Crippen molar-refractivity contribution in [1.82, 2.24) is 4.90 Å². The molecular weight excluding hydrogens is 336 g/mol. The minimum Gasteiger partial charge on any atom is -0.395 e. The molecule has 1 amide bonds. The second-order valence-electron chi connectivity index (χ2n) is 4.73. The van der Waals surface area contributed by atoms with Crippen LogP contribution in [0.1, 0.15) is 17.3 Å². The summed E-state index contributed by atoms with van der Waals surface area (Å²) < 4.78 is 27.1. The molecule has 23 heavy (non-hydrogen) atoms. The zero-order chi connectivity index (χ0) is 16.9. The van der Waals surface area contributed by atoms with E-state index >= 15 is 0 Å². The molecule has 0 aliphatic rings. The number of anilines is 1. The fourth-order valence-electron chi connectivity index (χ4n) is 2.04. The summed E-state index contributed by atoms with van der Waals surface area (Å²) in [5.74, 6) is -0.251. The van der Waals surface area contributed by atoms with E-state index in [1.54, 1.807) is 29.6 Å². The zero-order valence-corrected chi connectivity index (χ0v) is 14.2. The van der Waals surface area contributed by atoms with Crippen molar-refractivity contribution in [2.45, 2.75) is 11.1 Å². The number of hydrogen-bond donors (Lipinski definition) is 2. The van der Waals surface area contributed by atoms with Crippen molar-refractivity contribution in [2.75, 3.05) is 24.4 Å². The van der Waals surface area contributed by atoms with Crippen molar-refractivity contribution in [3.05, 3.63) is 47.3 Å². The fraction of sp³-hybridized carbons (Fsp3) is 0.267. The van der Waals surface area contributed by atoms with Crippen LogP contribution in [-0.2, 0) is 10.0 Å². The molecule has 2 N–H and O–H groups in total. The van der Waals surface area contributed by atoms with Crippen molar-refractivity contribution in [1.29, 1.82) is 0 Å². The van der Waals surface area contributed by atoms with Crippen molar-refractivity contribution < 1.29 is 18.3 Å². The molecule has 0 saturated heterocycles. The Hall–Kier alpha value is -1.90. The minimum atomic E-state index is -3.64. The molecule has 1 heterocycles. The van der Waals surface area contributed by atoms with Gasteiger partial charge in [0, 0.05) is 24.3 Å². The van der Waals surface area contributed by atoms with Crippen molar-refractivity contribution in [3.8, 4) is 0 Å². The molecule has 0 bridgehead atoms. The summed E-state index contributed by atoms with van der Waals surface area (Å²) in [5.41, 5.74) is 0.691. The first-order valence-electron chi connectivity index (χ1n) is 7.04. The highest BCUT2D eigenvalue weighted by Gasteiger charge is 2.17. The topological polar surface area (TPSA) is 86.7 Å². The van der Waals surface area contributed by atoms with Crippen LogP contribution in [0.3, 0.4) is 0 Å². The Kier molecular flexibility index (Phi) is 5.75. The van der Waals surface area contributed by atoms with Crippen LogP contribution >= 0.6 is 11.3 Å². The van der Waals surface area contributed by atoms with Gasteiger partial charge in [-0.15, -0.1) is 11.3 Å². The lowest BCUT2D eigenvalue weighted by Crippen LogP contribution is -2.33. The molecule has 1 aromatic carbocycles. The third-order valence-corrected chi connectivity index (χ3v) is 5.94. The third-order valence-electron chi connectivity index (χ3n) is 3.16. The van der Waals surface area contributed by atoms with Gasteiger partial charge in [-0.2, -0.15) is 0 Å². The molecule has 0 fully saturated rings. The number of likely N-dealkylation sites (N-methyl/N-ethyl adjacent to an activating group) is 1. The van der Waals surface area contributed by atoms with E-state index in [1.165, 1.54) is 17.0 Å². The molecule has 2 aromatic rings. The van der Waals surface area contributed by atoms with Gasteiger partial charge in [0.05, 0.1) is 6.61 Å². The summed E-state index contributed by atoms with van der Waals surface area (Å²) in [5, 5.41) is 10.7. The van der Waals surface area contributed by atoms with Gasteiger partial charge in [0.15, 0.2) is 0 Å². The van der Waals surface area contributed by atoms with Crippen LogP contribution in [0, 0.1) is 0 Å². The molecule has 0 unspecified atom stereocenters. The first kappa shape index (κ1) is 17.5. The number of sulfonamides is 1. The largest absolute Gasteiger partial charge is 0.395 e. The maximum absolute atomic E-state index is 12.4. The number of aliphatic hydroxyl groups excluding tert-OH is 1. The molecule has 1 aromatic heterocycles. The number of hydrogen-bond acceptors (Lipinski definition) is 5. The van der Waals surface area contributed by atoms with Gasteiger partial charge in [-0.25, -0.2) is 8.42 Å². The quantitative estimate of drug-likeness (QED) is 0.796. The van der Waals surface area contributed by atoms with E-state index in [2.05, 4.69) is 4.72 Å². The van der Waals surface area contributed by atoms with Gasteiger partial charge >= 0.3 is 0 Å². The van der Waals surface area contributed by atoms with Crippen LogP contribution < -0.4 is 4.72 Å². The van der Waals surface area contributed by atoms with Gasteiger partial charge in [-0.05, 0) is 36.6 Å². The number of rotatable bonds is 7. The summed E-state index contributed by atoms with van der Waals surface area (Å²) in [4.78, 5) is 13.8. The van der Waals surface area contributed by atoms with E-state index in [1.807, 2.05) is 6.92 Å². The Bertz CT molecular complexity index is 758. The second kappa shape index (κ2) is 7.58. The zero-order valence-electron chi connectivity index (χ0n) is 12.6. The Balaban J connectivity index is 2.22. The summed E-state index contributed by atoms with van der Waals surface area (Å²) in [6.07, 6.45) is 0. The average Bonchev–Trinajstić information content (AvgIpc) is 3.07. The first-order valence-corrected chi connectivity index (χ1v) is 9.40. The number of amides is 1. The van der Waals surface area contributed by atoms with E-state index in [-0.39, 0.29) is 23.3 Å². The molecule has 124 valence electrons. The maximum atomic E-state index is 12.4. The molecule has 8 heteroatoms. The van der Waals surface area contributed by atoms with E-state index in [0.717, 1.165) is 11.3 Å². The number of thiophene rings is 1. The van der Waals surface area contributed by atoms with Gasteiger partial charge in [0.1, 0.15) is 4.21 Å². The SMILES string of the molecule is CCN(CCO)C(=O)c1cccc(NS(=O)(=O)c2cccs2)c1. The van der Waals surface area contributed by atoms with Gasteiger partial charge in [0.25, 0.3) is 15.9 Å². The van der Waals surface area contributed by atoms with Crippen LogP contribution in [0.25, 0.3) is 0 Å². The normalized spacial score (nSPS) is 11.2.